The van der Waals surface area contributed by atoms with Crippen molar-refractivity contribution in [2.45, 2.75) is 6.92 Å². The lowest BCUT2D eigenvalue weighted by Crippen LogP contribution is -2.47. The third kappa shape index (κ3) is 4.21. The van der Waals surface area contributed by atoms with Crippen LogP contribution in [-0.4, -0.2) is 67.8 Å². The molecular formula is C22H25FN6O2. The molecule has 0 bridgehead atoms. The van der Waals surface area contributed by atoms with Crippen molar-refractivity contribution in [3.8, 4) is 0 Å². The van der Waals surface area contributed by atoms with E-state index in [1.54, 1.807) is 19.2 Å². The molecule has 0 N–H and O–H groups in total. The number of ether oxygens (including phenoxy) is 1. The summed E-state index contributed by atoms with van der Waals surface area (Å²) in [4.78, 5) is 32.0. The fraction of sp³-hybridized carbons (Fsp3) is 0.364. The summed E-state index contributed by atoms with van der Waals surface area (Å²) in [5.74, 6) is 0.687. The van der Waals surface area contributed by atoms with Crippen LogP contribution >= 0.6 is 0 Å². The van der Waals surface area contributed by atoms with Crippen molar-refractivity contribution in [1.82, 2.24) is 15.0 Å². The zero-order valence-electron chi connectivity index (χ0n) is 17.9. The summed E-state index contributed by atoms with van der Waals surface area (Å²) >= 11 is 0. The number of esters is 1. The topological polar surface area (TPSA) is 74.7 Å². The van der Waals surface area contributed by atoms with Crippen molar-refractivity contribution in [3.63, 3.8) is 0 Å². The number of hydrogen-bond acceptors (Lipinski definition) is 8. The first-order valence-corrected chi connectivity index (χ1v) is 10.2. The van der Waals surface area contributed by atoms with E-state index in [-0.39, 0.29) is 12.4 Å². The Morgan fingerprint density at radius 2 is 1.87 bits per heavy atom. The second kappa shape index (κ2) is 8.71. The van der Waals surface area contributed by atoms with Crippen molar-refractivity contribution < 1.29 is 13.9 Å². The molecule has 0 aliphatic carbocycles. The van der Waals surface area contributed by atoms with Gasteiger partial charge in [0.25, 0.3) is 0 Å². The van der Waals surface area contributed by atoms with Crippen LogP contribution in [0.2, 0.25) is 0 Å². The largest absolute Gasteiger partial charge is 0.462 e. The molecule has 1 aliphatic rings. The molecular weight excluding hydrogens is 399 g/mol. The van der Waals surface area contributed by atoms with Gasteiger partial charge < -0.3 is 19.4 Å². The molecule has 0 unspecified atom stereocenters. The van der Waals surface area contributed by atoms with Crippen LogP contribution in [0.4, 0.5) is 21.8 Å². The van der Waals surface area contributed by atoms with Gasteiger partial charge in [-0.05, 0) is 31.2 Å². The normalized spacial score (nSPS) is 14.1. The Balaban J connectivity index is 1.65. The predicted octanol–water partition coefficient (Wildman–Crippen LogP) is 2.73. The average molecular weight is 424 g/mol. The maximum Gasteiger partial charge on any atom is 0.341 e. The average Bonchev–Trinajstić information content (AvgIpc) is 2.78. The Labute approximate surface area is 180 Å². The maximum atomic E-state index is 14.1. The number of benzene rings is 1. The molecule has 3 heterocycles. The highest BCUT2D eigenvalue weighted by atomic mass is 19.1. The number of carbonyl (C=O) groups excluding carboxylic acids is 1. The smallest absolute Gasteiger partial charge is 0.341 e. The Kier molecular flexibility index (Phi) is 5.83. The molecule has 0 saturated carbocycles. The Hall–Kier alpha value is -3.49. The second-order valence-corrected chi connectivity index (χ2v) is 7.49. The highest BCUT2D eigenvalue weighted by Crippen LogP contribution is 2.32. The van der Waals surface area contributed by atoms with Gasteiger partial charge in [-0.1, -0.05) is 0 Å². The van der Waals surface area contributed by atoms with Gasteiger partial charge in [-0.25, -0.2) is 14.2 Å². The lowest BCUT2D eigenvalue weighted by Gasteiger charge is -2.37. The molecule has 1 saturated heterocycles. The van der Waals surface area contributed by atoms with Crippen LogP contribution in [0.1, 0.15) is 17.3 Å². The molecule has 162 valence electrons. The summed E-state index contributed by atoms with van der Waals surface area (Å²) in [6, 6.07) is 6.33. The number of nitrogens with zero attached hydrogens (tertiary/aromatic N) is 6. The van der Waals surface area contributed by atoms with Crippen LogP contribution in [0.25, 0.3) is 10.9 Å². The molecule has 0 spiro atoms. The molecule has 0 atom stereocenters. The van der Waals surface area contributed by atoms with E-state index in [1.165, 1.54) is 18.3 Å². The van der Waals surface area contributed by atoms with Gasteiger partial charge in [0.2, 0.25) is 5.95 Å². The number of aromatic nitrogens is 3. The van der Waals surface area contributed by atoms with E-state index in [1.807, 2.05) is 25.1 Å². The first-order valence-electron chi connectivity index (χ1n) is 10.2. The fourth-order valence-corrected chi connectivity index (χ4v) is 3.74. The lowest BCUT2D eigenvalue weighted by atomic mass is 10.1. The summed E-state index contributed by atoms with van der Waals surface area (Å²) in [7, 11) is 3.81. The molecule has 2 aromatic heterocycles. The van der Waals surface area contributed by atoms with Gasteiger partial charge in [0.15, 0.2) is 0 Å². The van der Waals surface area contributed by atoms with Crippen LogP contribution in [0, 0.1) is 5.82 Å². The number of hydrogen-bond donors (Lipinski definition) is 0. The third-order valence-corrected chi connectivity index (χ3v) is 5.24. The van der Waals surface area contributed by atoms with Crippen molar-refractivity contribution in [2.24, 2.45) is 0 Å². The minimum Gasteiger partial charge on any atom is -0.462 e. The molecule has 4 rings (SSSR count). The van der Waals surface area contributed by atoms with E-state index in [2.05, 4.69) is 24.8 Å². The Morgan fingerprint density at radius 1 is 1.13 bits per heavy atom. The van der Waals surface area contributed by atoms with Gasteiger partial charge in [0.1, 0.15) is 17.2 Å². The quantitative estimate of drug-likeness (QED) is 0.579. The summed E-state index contributed by atoms with van der Waals surface area (Å²) in [5, 5.41) is 0.607. The summed E-state index contributed by atoms with van der Waals surface area (Å²) in [6.45, 7) is 4.70. The fourth-order valence-electron chi connectivity index (χ4n) is 3.74. The number of carbonyl (C=O) groups is 1. The first kappa shape index (κ1) is 20.8. The van der Waals surface area contributed by atoms with Gasteiger partial charge >= 0.3 is 5.97 Å². The highest BCUT2D eigenvalue weighted by molar-refractivity contribution is 6.05. The van der Waals surface area contributed by atoms with Gasteiger partial charge in [-0.2, -0.15) is 4.98 Å². The van der Waals surface area contributed by atoms with E-state index in [9.17, 15) is 9.18 Å². The molecule has 31 heavy (non-hydrogen) atoms. The minimum absolute atomic E-state index is 0.259. The number of fused-ring (bicyclic) bond motifs is 1. The van der Waals surface area contributed by atoms with E-state index in [0.717, 1.165) is 5.82 Å². The Bertz CT molecular complexity index is 1100. The molecule has 1 fully saturated rings. The van der Waals surface area contributed by atoms with E-state index < -0.39 is 5.97 Å². The number of anilines is 3. The lowest BCUT2D eigenvalue weighted by molar-refractivity contribution is 0.0526. The predicted molar refractivity (Wildman–Crippen MR) is 118 cm³/mol. The zero-order chi connectivity index (χ0) is 22.0. The molecule has 1 aromatic carbocycles. The van der Waals surface area contributed by atoms with Gasteiger partial charge in [-0.15, -0.1) is 0 Å². The van der Waals surface area contributed by atoms with Crippen molar-refractivity contribution >= 4 is 34.3 Å². The molecule has 3 aromatic rings. The van der Waals surface area contributed by atoms with Crippen LogP contribution in [0.3, 0.4) is 0 Å². The van der Waals surface area contributed by atoms with Crippen LogP contribution in [-0.2, 0) is 4.74 Å². The first-order chi connectivity index (χ1) is 15.0. The van der Waals surface area contributed by atoms with Crippen molar-refractivity contribution in [3.05, 3.63) is 48.0 Å². The van der Waals surface area contributed by atoms with Crippen LogP contribution in [0.15, 0.2) is 36.7 Å². The van der Waals surface area contributed by atoms with Gasteiger partial charge in [0, 0.05) is 58.1 Å². The zero-order valence-corrected chi connectivity index (χ0v) is 17.9. The number of piperazine rings is 1. The van der Waals surface area contributed by atoms with Gasteiger partial charge in [-0.3, -0.25) is 4.98 Å². The van der Waals surface area contributed by atoms with Gasteiger partial charge in [0.05, 0.1) is 17.8 Å². The van der Waals surface area contributed by atoms with E-state index in [4.69, 9.17) is 4.74 Å². The molecule has 1 aliphatic heterocycles. The third-order valence-electron chi connectivity index (χ3n) is 5.24. The summed E-state index contributed by atoms with van der Waals surface area (Å²) < 4.78 is 19.3. The van der Waals surface area contributed by atoms with Crippen LogP contribution in [0.5, 0.6) is 0 Å². The number of rotatable bonds is 5. The molecule has 0 radical (unpaired) electrons. The summed E-state index contributed by atoms with van der Waals surface area (Å²) in [5.41, 5.74) is 1.66. The summed E-state index contributed by atoms with van der Waals surface area (Å²) in [6.07, 6.45) is 3.27. The molecule has 0 amide bonds. The minimum atomic E-state index is -0.454. The number of halogens is 1. The Morgan fingerprint density at radius 3 is 2.58 bits per heavy atom. The van der Waals surface area contributed by atoms with Crippen molar-refractivity contribution in [1.29, 1.82) is 0 Å². The van der Waals surface area contributed by atoms with E-state index in [0.29, 0.717) is 54.3 Å². The molecule has 9 heteroatoms. The maximum absolute atomic E-state index is 14.1. The monoisotopic (exact) mass is 424 g/mol. The molecule has 8 nitrogen and oxygen atoms in total. The second-order valence-electron chi connectivity index (χ2n) is 7.49. The highest BCUT2D eigenvalue weighted by Gasteiger charge is 2.26. The standard InChI is InChI=1S/C22H25FN6O2/c1-4-31-21(30)17-14-25-18-6-5-15(23)13-16(18)20(17)29-11-9-28(10-12-29)19-7-8-24-22(26-19)27(2)3/h5-8,13-14H,4,9-12H2,1-3H3. The van der Waals surface area contributed by atoms with E-state index >= 15 is 0 Å². The van der Waals surface area contributed by atoms with Crippen molar-refractivity contribution in [2.75, 3.05) is 61.6 Å². The number of pyridine rings is 1. The SMILES string of the molecule is CCOC(=O)c1cnc2ccc(F)cc2c1N1CCN(c2ccnc(N(C)C)n2)CC1. The van der Waals surface area contributed by atoms with Crippen LogP contribution < -0.4 is 14.7 Å².